The minimum Gasteiger partial charge on any atom is -0.445 e. The number of aliphatic hydroxyl groups is 1. The number of carbonyl (C=O) groups is 3. The molecule has 11 nitrogen and oxygen atoms in total. The normalized spacial score (nSPS) is 19.5. The van der Waals surface area contributed by atoms with E-state index < -0.39 is 43.4 Å². The molecule has 0 bridgehead atoms. The van der Waals surface area contributed by atoms with E-state index in [1.807, 2.05) is 44.2 Å². The second-order valence-corrected chi connectivity index (χ2v) is 14.1. The number of alkyl carbamates (subject to hydrolysis) is 1. The molecular weight excluding hydrogens is 585 g/mol. The van der Waals surface area contributed by atoms with E-state index in [0.29, 0.717) is 32.2 Å². The van der Waals surface area contributed by atoms with E-state index in [1.165, 1.54) is 0 Å². The van der Waals surface area contributed by atoms with E-state index in [-0.39, 0.29) is 38.1 Å². The molecule has 248 valence electrons. The highest BCUT2D eigenvalue weighted by Gasteiger charge is 2.44. The largest absolute Gasteiger partial charge is 0.445 e. The molecule has 1 heterocycles. The molecule has 2 fully saturated rings. The van der Waals surface area contributed by atoms with E-state index in [9.17, 15) is 24.1 Å². The van der Waals surface area contributed by atoms with Crippen molar-refractivity contribution in [1.29, 1.82) is 0 Å². The zero-order valence-corrected chi connectivity index (χ0v) is 27.2. The SMILES string of the molecule is CCCCOP(=O)(OCCCC)C(O)[C@H](CC1CCNC1=O)NC(=O)[C@H](CC1CCCCC1)NC(=O)OCc1ccccc1. The molecule has 3 amide bonds. The third-order valence-electron chi connectivity index (χ3n) is 8.37. The number of hydrogen-bond donors (Lipinski definition) is 4. The predicted molar refractivity (Wildman–Crippen MR) is 168 cm³/mol. The van der Waals surface area contributed by atoms with Gasteiger partial charge in [-0.1, -0.05) is 89.1 Å². The number of aliphatic hydroxyl groups excluding tert-OH is 1. The van der Waals surface area contributed by atoms with Crippen molar-refractivity contribution in [1.82, 2.24) is 16.0 Å². The van der Waals surface area contributed by atoms with Crippen LogP contribution in [0.4, 0.5) is 4.79 Å². The van der Waals surface area contributed by atoms with E-state index in [4.69, 9.17) is 13.8 Å². The maximum absolute atomic E-state index is 14.0. The molecular formula is C32H52N3O8P. The van der Waals surface area contributed by atoms with Crippen molar-refractivity contribution < 1.29 is 37.8 Å². The van der Waals surface area contributed by atoms with Gasteiger partial charge in [0.05, 0.1) is 19.3 Å². The first kappa shape index (κ1) is 36.0. The van der Waals surface area contributed by atoms with Crippen LogP contribution >= 0.6 is 7.60 Å². The summed E-state index contributed by atoms with van der Waals surface area (Å²) >= 11 is 0. The summed E-state index contributed by atoms with van der Waals surface area (Å²) in [6, 6.07) is 7.20. The third-order valence-corrected chi connectivity index (χ3v) is 10.5. The first-order valence-corrected chi connectivity index (χ1v) is 18.0. The lowest BCUT2D eigenvalue weighted by Gasteiger charge is -2.33. The number of unbranched alkanes of at least 4 members (excludes halogenated alkanes) is 2. The van der Waals surface area contributed by atoms with Crippen molar-refractivity contribution in [3.63, 3.8) is 0 Å². The van der Waals surface area contributed by atoms with Crippen LogP contribution in [0.15, 0.2) is 30.3 Å². The summed E-state index contributed by atoms with van der Waals surface area (Å²) in [5.74, 6) is -2.68. The molecule has 1 saturated carbocycles. The molecule has 12 heteroatoms. The Hall–Kier alpha value is -2.46. The van der Waals surface area contributed by atoms with Gasteiger partial charge >= 0.3 is 13.7 Å². The van der Waals surface area contributed by atoms with Crippen molar-refractivity contribution in [2.24, 2.45) is 11.8 Å². The van der Waals surface area contributed by atoms with Crippen LogP contribution < -0.4 is 16.0 Å². The standard InChI is InChI=1S/C32H52N3O8P/c1-3-5-19-42-44(40,43-20-6-4-2)31(38)28(22-26-17-18-33-29(26)36)34-30(37)27(21-24-13-9-7-10-14-24)35-32(39)41-23-25-15-11-8-12-16-25/h8,11-12,15-16,24,26-28,31,38H,3-7,9-10,13-14,17-23H2,1-2H3,(H,33,36)(H,34,37)(H,35,39)/t26?,27-,28-,31?/m0/s1. The zero-order chi connectivity index (χ0) is 31.8. The summed E-state index contributed by atoms with van der Waals surface area (Å²) in [4.78, 5) is 39.3. The van der Waals surface area contributed by atoms with Gasteiger partial charge < -0.3 is 34.8 Å². The van der Waals surface area contributed by atoms with E-state index >= 15 is 0 Å². The van der Waals surface area contributed by atoms with Crippen LogP contribution in [-0.2, 0) is 34.5 Å². The van der Waals surface area contributed by atoms with Gasteiger partial charge in [0.25, 0.3) is 0 Å². The quantitative estimate of drug-likeness (QED) is 0.116. The van der Waals surface area contributed by atoms with Gasteiger partial charge in [-0.25, -0.2) is 4.79 Å². The maximum atomic E-state index is 14.0. The van der Waals surface area contributed by atoms with Crippen molar-refractivity contribution in [2.45, 2.75) is 115 Å². The lowest BCUT2D eigenvalue weighted by molar-refractivity contribution is -0.126. The molecule has 2 aliphatic rings. The molecule has 0 aromatic heterocycles. The second-order valence-electron chi connectivity index (χ2n) is 12.0. The molecule has 44 heavy (non-hydrogen) atoms. The number of carbonyl (C=O) groups excluding carboxylic acids is 3. The molecule has 2 unspecified atom stereocenters. The van der Waals surface area contributed by atoms with Gasteiger partial charge in [-0.05, 0) is 43.6 Å². The second kappa shape index (κ2) is 19.1. The Kier molecular flexibility index (Phi) is 15.7. The molecule has 0 radical (unpaired) electrons. The molecule has 1 saturated heterocycles. The van der Waals surface area contributed by atoms with Gasteiger partial charge in [0, 0.05) is 12.5 Å². The van der Waals surface area contributed by atoms with Gasteiger partial charge in [0.2, 0.25) is 11.8 Å². The summed E-state index contributed by atoms with van der Waals surface area (Å²) in [6.07, 6.45) is 8.22. The smallest absolute Gasteiger partial charge is 0.408 e. The van der Waals surface area contributed by atoms with E-state index in [2.05, 4.69) is 16.0 Å². The predicted octanol–water partition coefficient (Wildman–Crippen LogP) is 5.41. The van der Waals surface area contributed by atoms with Crippen LogP contribution in [0.25, 0.3) is 0 Å². The van der Waals surface area contributed by atoms with Gasteiger partial charge in [-0.2, -0.15) is 0 Å². The summed E-state index contributed by atoms with van der Waals surface area (Å²) in [5, 5.41) is 19.9. The summed E-state index contributed by atoms with van der Waals surface area (Å²) in [6.45, 7) is 4.72. The van der Waals surface area contributed by atoms with Crippen molar-refractivity contribution in [3.8, 4) is 0 Å². The fourth-order valence-corrected chi connectivity index (χ4v) is 7.48. The average molecular weight is 638 g/mol. The van der Waals surface area contributed by atoms with Crippen molar-refractivity contribution >= 4 is 25.5 Å². The van der Waals surface area contributed by atoms with Crippen molar-refractivity contribution in [2.75, 3.05) is 19.8 Å². The zero-order valence-electron chi connectivity index (χ0n) is 26.3. The van der Waals surface area contributed by atoms with Gasteiger partial charge in [-0.3, -0.25) is 14.2 Å². The summed E-state index contributed by atoms with van der Waals surface area (Å²) in [5.41, 5.74) is 0.816. The van der Waals surface area contributed by atoms with Crippen LogP contribution in [0.1, 0.15) is 96.5 Å². The first-order valence-electron chi connectivity index (χ1n) is 16.4. The minimum atomic E-state index is -4.10. The first-order chi connectivity index (χ1) is 21.3. The molecule has 1 aromatic carbocycles. The highest BCUT2D eigenvalue weighted by molar-refractivity contribution is 7.54. The Morgan fingerprint density at radius 1 is 0.977 bits per heavy atom. The van der Waals surface area contributed by atoms with Gasteiger partial charge in [0.1, 0.15) is 12.6 Å². The van der Waals surface area contributed by atoms with Crippen LogP contribution in [0, 0.1) is 11.8 Å². The third kappa shape index (κ3) is 11.8. The number of ether oxygens (including phenoxy) is 1. The molecule has 1 aromatic rings. The maximum Gasteiger partial charge on any atom is 0.408 e. The van der Waals surface area contributed by atoms with Crippen LogP contribution in [0.5, 0.6) is 0 Å². The molecule has 3 rings (SSSR count). The van der Waals surface area contributed by atoms with E-state index in [1.54, 1.807) is 0 Å². The highest BCUT2D eigenvalue weighted by atomic mass is 31.2. The Morgan fingerprint density at radius 2 is 1.64 bits per heavy atom. The van der Waals surface area contributed by atoms with Crippen LogP contribution in [0.3, 0.4) is 0 Å². The molecule has 4 atom stereocenters. The molecule has 1 aliphatic heterocycles. The molecule has 0 spiro atoms. The Balaban J connectivity index is 1.79. The highest BCUT2D eigenvalue weighted by Crippen LogP contribution is 2.54. The minimum absolute atomic E-state index is 0.0472. The lowest BCUT2D eigenvalue weighted by Crippen LogP contribution is -2.54. The van der Waals surface area contributed by atoms with Gasteiger partial charge in [0.15, 0.2) is 5.85 Å². The molecule has 4 N–H and O–H groups in total. The van der Waals surface area contributed by atoms with Crippen LogP contribution in [0.2, 0.25) is 0 Å². The Morgan fingerprint density at radius 3 is 2.23 bits per heavy atom. The molecule has 1 aliphatic carbocycles. The average Bonchev–Trinajstić information content (AvgIpc) is 3.44. The number of rotatable bonds is 19. The summed E-state index contributed by atoms with van der Waals surface area (Å²) < 4.78 is 30.8. The number of nitrogens with one attached hydrogen (secondary N) is 3. The van der Waals surface area contributed by atoms with E-state index in [0.717, 1.165) is 50.5 Å². The fraction of sp³-hybridized carbons (Fsp3) is 0.719. The van der Waals surface area contributed by atoms with Crippen molar-refractivity contribution in [3.05, 3.63) is 35.9 Å². The Labute approximate surface area is 262 Å². The summed E-state index contributed by atoms with van der Waals surface area (Å²) in [7, 11) is -4.10. The Bertz CT molecular complexity index is 1050. The monoisotopic (exact) mass is 637 g/mol. The number of benzene rings is 1. The van der Waals surface area contributed by atoms with Crippen LogP contribution in [-0.4, -0.2) is 60.7 Å². The fourth-order valence-electron chi connectivity index (χ4n) is 5.69. The number of amides is 3. The van der Waals surface area contributed by atoms with Gasteiger partial charge in [-0.15, -0.1) is 0 Å². The topological polar surface area (TPSA) is 152 Å². The number of hydrogen-bond acceptors (Lipinski definition) is 8. The lowest BCUT2D eigenvalue weighted by atomic mass is 9.84.